The lowest BCUT2D eigenvalue weighted by Crippen LogP contribution is -2.19. The van der Waals surface area contributed by atoms with Gasteiger partial charge in [0.2, 0.25) is 4.96 Å². The van der Waals surface area contributed by atoms with Crippen molar-refractivity contribution in [2.75, 3.05) is 0 Å². The third-order valence-electron chi connectivity index (χ3n) is 2.53. The van der Waals surface area contributed by atoms with Crippen molar-refractivity contribution in [3.63, 3.8) is 0 Å². The second kappa shape index (κ2) is 5.10. The van der Waals surface area contributed by atoms with Gasteiger partial charge >= 0.3 is 0 Å². The van der Waals surface area contributed by atoms with E-state index in [4.69, 9.17) is 0 Å². The summed E-state index contributed by atoms with van der Waals surface area (Å²) in [5.74, 6) is 0.821. The van der Waals surface area contributed by atoms with Gasteiger partial charge in [-0.1, -0.05) is 53.4 Å². The summed E-state index contributed by atoms with van der Waals surface area (Å²) >= 11 is 2.97. The van der Waals surface area contributed by atoms with Gasteiger partial charge in [-0.2, -0.15) is 4.52 Å². The predicted octanol–water partition coefficient (Wildman–Crippen LogP) is 2.15. The van der Waals surface area contributed by atoms with E-state index in [-0.39, 0.29) is 5.56 Å². The number of fused-ring (bicyclic) bond motifs is 1. The molecule has 2 aromatic heterocycles. The SMILES string of the molecule is Cc1nnc2sc(SCc3ccccc3)nn2c1=O. The van der Waals surface area contributed by atoms with Gasteiger partial charge in [0.25, 0.3) is 5.56 Å². The first-order valence-electron chi connectivity index (χ1n) is 5.64. The van der Waals surface area contributed by atoms with Crippen LogP contribution >= 0.6 is 23.1 Å². The van der Waals surface area contributed by atoms with Crippen molar-refractivity contribution >= 4 is 28.1 Å². The highest BCUT2D eigenvalue weighted by atomic mass is 32.2. The van der Waals surface area contributed by atoms with Crippen LogP contribution < -0.4 is 5.56 Å². The molecule has 0 fully saturated rings. The third kappa shape index (κ3) is 2.52. The van der Waals surface area contributed by atoms with Crippen molar-refractivity contribution in [2.45, 2.75) is 17.0 Å². The van der Waals surface area contributed by atoms with Gasteiger partial charge in [0, 0.05) is 5.75 Å². The first-order chi connectivity index (χ1) is 9.24. The van der Waals surface area contributed by atoms with Crippen LogP contribution in [0, 0.1) is 6.92 Å². The van der Waals surface area contributed by atoms with Crippen molar-refractivity contribution in [1.82, 2.24) is 19.8 Å². The fraction of sp³-hybridized carbons (Fsp3) is 0.167. The zero-order valence-electron chi connectivity index (χ0n) is 10.1. The van der Waals surface area contributed by atoms with Crippen molar-refractivity contribution in [3.8, 4) is 0 Å². The Labute approximate surface area is 117 Å². The van der Waals surface area contributed by atoms with Crippen LogP contribution in [0.2, 0.25) is 0 Å². The van der Waals surface area contributed by atoms with E-state index in [9.17, 15) is 4.79 Å². The molecule has 2 heterocycles. The average Bonchev–Trinajstić information content (AvgIpc) is 2.86. The highest BCUT2D eigenvalue weighted by molar-refractivity contribution is 8.00. The molecule has 3 aromatic rings. The molecule has 0 saturated heterocycles. The summed E-state index contributed by atoms with van der Waals surface area (Å²) in [6.45, 7) is 1.64. The number of rotatable bonds is 3. The quantitative estimate of drug-likeness (QED) is 0.692. The van der Waals surface area contributed by atoms with Crippen LogP contribution in [-0.4, -0.2) is 19.8 Å². The van der Waals surface area contributed by atoms with Gasteiger partial charge in [0.1, 0.15) is 5.69 Å². The molecule has 0 aliphatic carbocycles. The third-order valence-corrected chi connectivity index (χ3v) is 4.64. The average molecular weight is 290 g/mol. The summed E-state index contributed by atoms with van der Waals surface area (Å²) in [7, 11) is 0. The minimum absolute atomic E-state index is 0.201. The molecule has 0 saturated carbocycles. The molecule has 7 heteroatoms. The molecule has 19 heavy (non-hydrogen) atoms. The topological polar surface area (TPSA) is 60.1 Å². The second-order valence-electron chi connectivity index (χ2n) is 3.93. The molecule has 0 unspecified atom stereocenters. The van der Waals surface area contributed by atoms with Gasteiger partial charge in [-0.05, 0) is 12.5 Å². The van der Waals surface area contributed by atoms with E-state index in [1.54, 1.807) is 18.7 Å². The fourth-order valence-corrected chi connectivity index (χ4v) is 3.38. The summed E-state index contributed by atoms with van der Waals surface area (Å²) in [5, 5.41) is 12.1. The molecular weight excluding hydrogens is 280 g/mol. The van der Waals surface area contributed by atoms with Gasteiger partial charge in [0.05, 0.1) is 0 Å². The summed E-state index contributed by atoms with van der Waals surface area (Å²) in [5.41, 5.74) is 1.39. The number of hydrogen-bond acceptors (Lipinski definition) is 6. The molecular formula is C12H10N4OS2. The number of aryl methyl sites for hydroxylation is 1. The van der Waals surface area contributed by atoms with E-state index in [2.05, 4.69) is 27.4 Å². The molecule has 1 aromatic carbocycles. The molecule has 96 valence electrons. The van der Waals surface area contributed by atoms with Gasteiger partial charge in [0.15, 0.2) is 4.34 Å². The molecule has 5 nitrogen and oxygen atoms in total. The summed E-state index contributed by atoms with van der Waals surface area (Å²) in [6, 6.07) is 10.1. The monoisotopic (exact) mass is 290 g/mol. The predicted molar refractivity (Wildman–Crippen MR) is 75.7 cm³/mol. The molecule has 0 aliphatic heterocycles. The van der Waals surface area contributed by atoms with Crippen LogP contribution in [-0.2, 0) is 5.75 Å². The van der Waals surface area contributed by atoms with E-state index in [1.165, 1.54) is 21.4 Å². The molecule has 0 aliphatic rings. The number of nitrogens with zero attached hydrogens (tertiary/aromatic N) is 4. The summed E-state index contributed by atoms with van der Waals surface area (Å²) in [4.78, 5) is 12.3. The zero-order valence-corrected chi connectivity index (χ0v) is 11.7. The maximum absolute atomic E-state index is 11.8. The molecule has 0 radical (unpaired) electrons. The van der Waals surface area contributed by atoms with Gasteiger partial charge in [-0.25, -0.2) is 0 Å². The van der Waals surface area contributed by atoms with Crippen LogP contribution in [0.3, 0.4) is 0 Å². The number of thioether (sulfide) groups is 1. The highest BCUT2D eigenvalue weighted by Gasteiger charge is 2.09. The minimum atomic E-state index is -0.201. The molecule has 0 amide bonds. The van der Waals surface area contributed by atoms with Crippen LogP contribution in [0.1, 0.15) is 11.3 Å². The Hall–Kier alpha value is -1.73. The Morgan fingerprint density at radius 1 is 1.26 bits per heavy atom. The Bertz CT molecular complexity index is 766. The smallest absolute Gasteiger partial charge is 0.265 e. The Morgan fingerprint density at radius 2 is 2.05 bits per heavy atom. The number of aromatic nitrogens is 4. The van der Waals surface area contributed by atoms with Crippen molar-refractivity contribution in [1.29, 1.82) is 0 Å². The van der Waals surface area contributed by atoms with Gasteiger partial charge in [-0.3, -0.25) is 4.79 Å². The zero-order chi connectivity index (χ0) is 13.2. The van der Waals surface area contributed by atoms with Crippen molar-refractivity contribution in [2.24, 2.45) is 0 Å². The van der Waals surface area contributed by atoms with E-state index in [0.717, 1.165) is 10.1 Å². The van der Waals surface area contributed by atoms with E-state index in [0.29, 0.717) is 10.7 Å². The molecule has 3 rings (SSSR count). The van der Waals surface area contributed by atoms with E-state index < -0.39 is 0 Å². The van der Waals surface area contributed by atoms with E-state index in [1.807, 2.05) is 18.2 Å². The van der Waals surface area contributed by atoms with Gasteiger partial charge < -0.3 is 0 Å². The maximum atomic E-state index is 11.8. The Morgan fingerprint density at radius 3 is 2.84 bits per heavy atom. The standard InChI is InChI=1S/C12H10N4OS2/c1-8-10(17)16-11(14-13-8)19-12(15-16)18-7-9-5-3-2-4-6-9/h2-6H,7H2,1H3. The molecule has 0 atom stereocenters. The number of benzene rings is 1. The lowest BCUT2D eigenvalue weighted by atomic mass is 10.2. The first kappa shape index (κ1) is 12.3. The minimum Gasteiger partial charge on any atom is -0.265 e. The van der Waals surface area contributed by atoms with Crippen LogP contribution in [0.25, 0.3) is 4.96 Å². The Balaban J connectivity index is 1.86. The Kier molecular flexibility index (Phi) is 3.31. The second-order valence-corrected chi connectivity index (χ2v) is 6.11. The largest absolute Gasteiger partial charge is 0.296 e. The molecule has 0 bridgehead atoms. The highest BCUT2D eigenvalue weighted by Crippen LogP contribution is 2.26. The van der Waals surface area contributed by atoms with Crippen molar-refractivity contribution in [3.05, 3.63) is 51.9 Å². The lowest BCUT2D eigenvalue weighted by Gasteiger charge is -1.96. The van der Waals surface area contributed by atoms with Gasteiger partial charge in [-0.15, -0.1) is 15.3 Å². The normalized spacial score (nSPS) is 11.0. The summed E-state index contributed by atoms with van der Waals surface area (Å²) in [6.07, 6.45) is 0. The molecule has 0 N–H and O–H groups in total. The maximum Gasteiger partial charge on any atom is 0.296 e. The first-order valence-corrected chi connectivity index (χ1v) is 7.44. The lowest BCUT2D eigenvalue weighted by molar-refractivity contribution is 0.803. The number of hydrogen-bond donors (Lipinski definition) is 0. The van der Waals surface area contributed by atoms with Crippen LogP contribution in [0.5, 0.6) is 0 Å². The van der Waals surface area contributed by atoms with Crippen molar-refractivity contribution < 1.29 is 0 Å². The molecule has 0 spiro atoms. The van der Waals surface area contributed by atoms with Crippen LogP contribution in [0.15, 0.2) is 39.5 Å². The van der Waals surface area contributed by atoms with Crippen LogP contribution in [0.4, 0.5) is 0 Å². The summed E-state index contributed by atoms with van der Waals surface area (Å²) < 4.78 is 2.14. The fourth-order valence-electron chi connectivity index (χ4n) is 1.55. The van der Waals surface area contributed by atoms with E-state index >= 15 is 0 Å².